The summed E-state index contributed by atoms with van der Waals surface area (Å²) in [4.78, 5) is 0. The Morgan fingerprint density at radius 2 is 2.00 bits per heavy atom. The molecule has 0 atom stereocenters. The van der Waals surface area contributed by atoms with Gasteiger partial charge in [-0.15, -0.1) is 0 Å². The van der Waals surface area contributed by atoms with E-state index in [-0.39, 0.29) is 23.2 Å². The SMILES string of the molecule is C1=CC[C]([Zr][CH]2CCCCC2)=C1. The molecule has 0 radical (unpaired) electrons. The van der Waals surface area contributed by atoms with Crippen molar-refractivity contribution < 1.29 is 23.2 Å². The maximum absolute atomic E-state index is 2.39. The van der Waals surface area contributed by atoms with Crippen molar-refractivity contribution >= 4 is 0 Å². The average Bonchev–Trinajstić information content (AvgIpc) is 2.59. The standard InChI is InChI=1S/C6H11.C5H5.Zr/c1-2-4-6-5-3-1;1-2-4-5-3-1;/h1H,2-6H2;1-3H,4H2;. The third-order valence-electron chi connectivity index (χ3n) is 2.77. The Morgan fingerprint density at radius 1 is 1.17 bits per heavy atom. The topological polar surface area (TPSA) is 0 Å². The number of hydrogen-bond acceptors (Lipinski definition) is 0. The number of allylic oxidation sites excluding steroid dienone is 4. The normalized spacial score (nSPS) is 24.2. The van der Waals surface area contributed by atoms with Gasteiger partial charge in [0.2, 0.25) is 0 Å². The van der Waals surface area contributed by atoms with Crippen LogP contribution in [0.5, 0.6) is 0 Å². The van der Waals surface area contributed by atoms with E-state index in [9.17, 15) is 0 Å². The van der Waals surface area contributed by atoms with Crippen LogP contribution in [0.15, 0.2) is 21.5 Å². The molecule has 12 heavy (non-hydrogen) atoms. The molecular formula is C11H16Zr. The first kappa shape index (κ1) is 8.94. The van der Waals surface area contributed by atoms with Gasteiger partial charge in [-0.2, -0.15) is 0 Å². The van der Waals surface area contributed by atoms with Crippen LogP contribution in [0.4, 0.5) is 0 Å². The summed E-state index contributed by atoms with van der Waals surface area (Å²) in [6.45, 7) is 0. The van der Waals surface area contributed by atoms with Crippen LogP contribution in [0, 0.1) is 0 Å². The first-order valence-electron chi connectivity index (χ1n) is 5.07. The van der Waals surface area contributed by atoms with Gasteiger partial charge in [-0.05, 0) is 0 Å². The monoisotopic (exact) mass is 238 g/mol. The minimum absolute atomic E-state index is 0.137. The van der Waals surface area contributed by atoms with E-state index in [1.165, 1.54) is 29.3 Å². The van der Waals surface area contributed by atoms with Crippen LogP contribution in [-0.2, 0) is 23.2 Å². The molecule has 0 unspecified atom stereocenters. The summed E-state index contributed by atoms with van der Waals surface area (Å²) in [7, 11) is 0. The van der Waals surface area contributed by atoms with Gasteiger partial charge < -0.3 is 0 Å². The molecule has 0 heterocycles. The fourth-order valence-corrected chi connectivity index (χ4v) is 6.12. The summed E-state index contributed by atoms with van der Waals surface area (Å²) in [5.41, 5.74) is 0. The van der Waals surface area contributed by atoms with E-state index in [1.54, 1.807) is 12.8 Å². The predicted octanol–water partition coefficient (Wildman–Crippen LogP) is 3.67. The van der Waals surface area contributed by atoms with Gasteiger partial charge in [0.05, 0.1) is 0 Å². The van der Waals surface area contributed by atoms with Gasteiger partial charge in [0.15, 0.2) is 0 Å². The molecule has 64 valence electrons. The summed E-state index contributed by atoms with van der Waals surface area (Å²) in [5.74, 6) is 0. The van der Waals surface area contributed by atoms with E-state index in [1.807, 2.05) is 3.28 Å². The molecule has 0 N–H and O–H groups in total. The van der Waals surface area contributed by atoms with E-state index < -0.39 is 0 Å². The Bertz CT molecular complexity index is 197. The molecule has 0 spiro atoms. The van der Waals surface area contributed by atoms with Crippen molar-refractivity contribution in [2.24, 2.45) is 0 Å². The molecule has 0 nitrogen and oxygen atoms in total. The molecule has 2 aliphatic carbocycles. The van der Waals surface area contributed by atoms with Crippen molar-refractivity contribution in [3.63, 3.8) is 0 Å². The van der Waals surface area contributed by atoms with Gasteiger partial charge in [0, 0.05) is 0 Å². The first-order chi connectivity index (χ1) is 5.95. The van der Waals surface area contributed by atoms with E-state index in [0.29, 0.717) is 0 Å². The van der Waals surface area contributed by atoms with Crippen LogP contribution in [0.1, 0.15) is 38.5 Å². The molecule has 0 saturated heterocycles. The van der Waals surface area contributed by atoms with Crippen molar-refractivity contribution in [2.45, 2.75) is 42.2 Å². The Kier molecular flexibility index (Phi) is 3.40. The number of rotatable bonds is 2. The van der Waals surface area contributed by atoms with Crippen LogP contribution in [0.2, 0.25) is 3.63 Å². The molecule has 0 bridgehead atoms. The number of hydrogen-bond donors (Lipinski definition) is 0. The third-order valence-corrected chi connectivity index (χ3v) is 7.01. The van der Waals surface area contributed by atoms with Crippen LogP contribution >= 0.6 is 0 Å². The zero-order valence-electron chi connectivity index (χ0n) is 7.55. The van der Waals surface area contributed by atoms with Crippen LogP contribution in [0.25, 0.3) is 0 Å². The van der Waals surface area contributed by atoms with Crippen LogP contribution < -0.4 is 0 Å². The van der Waals surface area contributed by atoms with Gasteiger partial charge >= 0.3 is 86.9 Å². The molecule has 2 rings (SSSR count). The molecule has 2 aliphatic rings. The molecule has 0 aliphatic heterocycles. The zero-order valence-corrected chi connectivity index (χ0v) is 10.0. The summed E-state index contributed by atoms with van der Waals surface area (Å²) in [5, 5.41) is 0. The average molecular weight is 239 g/mol. The predicted molar refractivity (Wildman–Crippen MR) is 48.7 cm³/mol. The quantitative estimate of drug-likeness (QED) is 0.690. The van der Waals surface area contributed by atoms with Gasteiger partial charge in [-0.3, -0.25) is 0 Å². The molecular weight excluding hydrogens is 223 g/mol. The van der Waals surface area contributed by atoms with Crippen LogP contribution in [0.3, 0.4) is 0 Å². The van der Waals surface area contributed by atoms with Crippen LogP contribution in [-0.4, -0.2) is 0 Å². The van der Waals surface area contributed by atoms with E-state index in [2.05, 4.69) is 18.2 Å². The van der Waals surface area contributed by atoms with Crippen molar-refractivity contribution in [3.8, 4) is 0 Å². The second kappa shape index (κ2) is 4.56. The van der Waals surface area contributed by atoms with Crippen molar-refractivity contribution in [1.82, 2.24) is 0 Å². The molecule has 0 aromatic rings. The summed E-state index contributed by atoms with van der Waals surface area (Å²) in [6, 6.07) is 0. The molecule has 1 heteroatoms. The fourth-order valence-electron chi connectivity index (χ4n) is 2.06. The molecule has 0 amide bonds. The van der Waals surface area contributed by atoms with Gasteiger partial charge in [-0.25, -0.2) is 0 Å². The summed E-state index contributed by atoms with van der Waals surface area (Å²) >= 11 is -0.137. The molecule has 0 aromatic heterocycles. The van der Waals surface area contributed by atoms with Crippen molar-refractivity contribution in [2.75, 3.05) is 0 Å². The van der Waals surface area contributed by atoms with Gasteiger partial charge in [0.1, 0.15) is 0 Å². The zero-order chi connectivity index (χ0) is 8.23. The Morgan fingerprint density at radius 3 is 2.67 bits per heavy atom. The Hall–Kier alpha value is 0.363. The Balaban J connectivity index is 1.78. The van der Waals surface area contributed by atoms with Crippen molar-refractivity contribution in [1.29, 1.82) is 0 Å². The molecule has 1 saturated carbocycles. The van der Waals surface area contributed by atoms with Gasteiger partial charge in [0.25, 0.3) is 0 Å². The summed E-state index contributed by atoms with van der Waals surface area (Å²) < 4.78 is 3.03. The third kappa shape index (κ3) is 2.42. The fraction of sp³-hybridized carbons (Fsp3) is 0.636. The van der Waals surface area contributed by atoms with E-state index in [4.69, 9.17) is 0 Å². The molecule has 0 aromatic carbocycles. The first-order valence-corrected chi connectivity index (χ1v) is 7.72. The van der Waals surface area contributed by atoms with E-state index in [0.717, 1.165) is 0 Å². The molecule has 1 fully saturated rings. The Labute approximate surface area is 86.7 Å². The second-order valence-corrected chi connectivity index (χ2v) is 8.10. The minimum atomic E-state index is -0.137. The van der Waals surface area contributed by atoms with Crippen molar-refractivity contribution in [3.05, 3.63) is 21.5 Å². The summed E-state index contributed by atoms with van der Waals surface area (Å²) in [6.07, 6.45) is 15.9. The van der Waals surface area contributed by atoms with E-state index >= 15 is 0 Å². The second-order valence-electron chi connectivity index (χ2n) is 3.80. The van der Waals surface area contributed by atoms with Gasteiger partial charge in [-0.1, -0.05) is 0 Å². The maximum atomic E-state index is 2.39.